The first-order chi connectivity index (χ1) is 8.49. The molecule has 0 aliphatic carbocycles. The molecular formula is C9H11N4O3PS. The Hall–Kier alpha value is -1.37. The van der Waals surface area contributed by atoms with Crippen molar-refractivity contribution in [3.8, 4) is 11.8 Å². The van der Waals surface area contributed by atoms with Crippen LogP contribution >= 0.6 is 19.0 Å². The summed E-state index contributed by atoms with van der Waals surface area (Å²) >= 11 is 3.41. The lowest BCUT2D eigenvalue weighted by Crippen LogP contribution is -2.03. The molecule has 0 fully saturated rings. The first-order valence-electron chi connectivity index (χ1n) is 5.12. The molecule has 7 nitrogen and oxygen atoms in total. The fourth-order valence-electron chi connectivity index (χ4n) is 1.36. The van der Waals surface area contributed by atoms with Crippen molar-refractivity contribution in [1.29, 1.82) is 0 Å². The highest BCUT2D eigenvalue weighted by Gasteiger charge is 2.19. The highest BCUT2D eigenvalue weighted by molar-refractivity contribution is 8.44. The molecular weight excluding hydrogens is 275 g/mol. The number of pyridine rings is 1. The van der Waals surface area contributed by atoms with Crippen LogP contribution in [0.5, 0.6) is 6.01 Å². The van der Waals surface area contributed by atoms with Crippen LogP contribution in [0, 0.1) is 0 Å². The first-order valence-corrected chi connectivity index (χ1v) is 7.85. The summed E-state index contributed by atoms with van der Waals surface area (Å²) in [5.41, 5.74) is 0. The van der Waals surface area contributed by atoms with Gasteiger partial charge in [0.15, 0.2) is 5.82 Å². The summed E-state index contributed by atoms with van der Waals surface area (Å²) < 4.78 is 17.1. The van der Waals surface area contributed by atoms with Gasteiger partial charge in [-0.1, -0.05) is 13.0 Å². The van der Waals surface area contributed by atoms with Gasteiger partial charge in [0.25, 0.3) is 0 Å². The van der Waals surface area contributed by atoms with Crippen LogP contribution in [0.25, 0.3) is 5.82 Å². The van der Waals surface area contributed by atoms with Crippen LogP contribution in [0.4, 0.5) is 0 Å². The van der Waals surface area contributed by atoms with E-state index in [0.29, 0.717) is 18.1 Å². The SMILES string of the molecule is CCc1nc(OP(=O)(O)S)nn1-c1ccccn1. The van der Waals surface area contributed by atoms with Crippen molar-refractivity contribution in [2.24, 2.45) is 0 Å². The van der Waals surface area contributed by atoms with Crippen molar-refractivity contribution >= 4 is 19.0 Å². The van der Waals surface area contributed by atoms with Crippen LogP contribution in [0.3, 0.4) is 0 Å². The van der Waals surface area contributed by atoms with E-state index in [-0.39, 0.29) is 6.01 Å². The highest BCUT2D eigenvalue weighted by atomic mass is 32.7. The summed E-state index contributed by atoms with van der Waals surface area (Å²) in [7, 11) is 0. The minimum absolute atomic E-state index is 0.196. The standard InChI is InChI=1S/C9H11N4O3PS/c1-2-7-11-9(16-17(14,15)18)12-13(7)8-5-3-4-6-10-8/h3-6H,2H2,1H3,(H2,14,15,18). The molecule has 0 saturated carbocycles. The summed E-state index contributed by atoms with van der Waals surface area (Å²) in [5, 5.41) is 3.98. The average Bonchev–Trinajstić information content (AvgIpc) is 2.71. The van der Waals surface area contributed by atoms with E-state index in [2.05, 4.69) is 31.8 Å². The minimum atomic E-state index is -3.96. The van der Waals surface area contributed by atoms with Crippen LogP contribution in [0.2, 0.25) is 0 Å². The van der Waals surface area contributed by atoms with E-state index in [1.807, 2.05) is 6.92 Å². The van der Waals surface area contributed by atoms with Gasteiger partial charge in [0, 0.05) is 12.6 Å². The van der Waals surface area contributed by atoms with Gasteiger partial charge in [0.2, 0.25) is 0 Å². The van der Waals surface area contributed by atoms with Gasteiger partial charge in [-0.2, -0.15) is 9.67 Å². The molecule has 0 aromatic carbocycles. The topological polar surface area (TPSA) is 90.1 Å². The fraction of sp³-hybridized carbons (Fsp3) is 0.222. The third kappa shape index (κ3) is 3.10. The molecule has 2 aromatic heterocycles. The number of nitrogens with zero attached hydrogens (tertiary/aromatic N) is 4. The van der Waals surface area contributed by atoms with Gasteiger partial charge >= 0.3 is 12.8 Å². The van der Waals surface area contributed by atoms with E-state index < -0.39 is 6.80 Å². The average molecular weight is 286 g/mol. The van der Waals surface area contributed by atoms with Crippen molar-refractivity contribution in [2.75, 3.05) is 0 Å². The predicted molar refractivity (Wildman–Crippen MR) is 68.0 cm³/mol. The lowest BCUT2D eigenvalue weighted by Gasteiger charge is -2.02. The molecule has 1 unspecified atom stereocenters. The zero-order chi connectivity index (χ0) is 13.2. The van der Waals surface area contributed by atoms with Gasteiger partial charge in [0.1, 0.15) is 5.82 Å². The molecule has 0 saturated heterocycles. The molecule has 0 spiro atoms. The quantitative estimate of drug-likeness (QED) is 0.656. The Kier molecular flexibility index (Phi) is 3.70. The molecule has 9 heteroatoms. The second kappa shape index (κ2) is 5.09. The summed E-state index contributed by atoms with van der Waals surface area (Å²) in [6.45, 7) is -2.08. The maximum absolute atomic E-state index is 11.0. The number of hydrogen-bond acceptors (Lipinski definition) is 5. The van der Waals surface area contributed by atoms with E-state index in [0.717, 1.165) is 0 Å². The number of aryl methyl sites for hydroxylation is 1. The second-order valence-electron chi connectivity index (χ2n) is 3.35. The Morgan fingerprint density at radius 2 is 2.33 bits per heavy atom. The van der Waals surface area contributed by atoms with Gasteiger partial charge in [-0.15, -0.1) is 5.10 Å². The molecule has 2 aromatic rings. The highest BCUT2D eigenvalue weighted by Crippen LogP contribution is 2.46. The molecule has 0 aliphatic heterocycles. The van der Waals surface area contributed by atoms with E-state index in [1.54, 1.807) is 24.4 Å². The smallest absolute Gasteiger partial charge is 0.381 e. The Morgan fingerprint density at radius 3 is 2.89 bits per heavy atom. The monoisotopic (exact) mass is 286 g/mol. The third-order valence-electron chi connectivity index (χ3n) is 2.04. The van der Waals surface area contributed by atoms with Crippen molar-refractivity contribution in [1.82, 2.24) is 19.7 Å². The largest absolute Gasteiger partial charge is 0.436 e. The van der Waals surface area contributed by atoms with Crippen LogP contribution < -0.4 is 4.52 Å². The molecule has 0 radical (unpaired) electrons. The lowest BCUT2D eigenvalue weighted by atomic mass is 10.4. The Bertz CT molecular complexity index is 583. The van der Waals surface area contributed by atoms with E-state index >= 15 is 0 Å². The predicted octanol–water partition coefficient (Wildman–Crippen LogP) is 1.63. The summed E-state index contributed by atoms with van der Waals surface area (Å²) in [6.07, 6.45) is 2.20. The number of aromatic nitrogens is 4. The third-order valence-corrected chi connectivity index (χ3v) is 2.68. The van der Waals surface area contributed by atoms with E-state index in [1.165, 1.54) is 4.68 Å². The van der Waals surface area contributed by atoms with Gasteiger partial charge < -0.3 is 9.42 Å². The molecule has 2 rings (SSSR count). The number of thiol groups is 1. The Labute approximate surface area is 109 Å². The van der Waals surface area contributed by atoms with Crippen LogP contribution in [0.1, 0.15) is 12.7 Å². The van der Waals surface area contributed by atoms with Crippen LogP contribution in [-0.2, 0) is 11.0 Å². The summed E-state index contributed by atoms with van der Waals surface area (Å²) in [4.78, 5) is 17.1. The maximum Gasteiger partial charge on any atom is 0.436 e. The Balaban J connectivity index is 2.39. The van der Waals surface area contributed by atoms with Gasteiger partial charge in [-0.25, -0.2) is 9.55 Å². The molecule has 96 valence electrons. The molecule has 0 amide bonds. The molecule has 2 heterocycles. The maximum atomic E-state index is 11.0. The molecule has 18 heavy (non-hydrogen) atoms. The molecule has 0 bridgehead atoms. The van der Waals surface area contributed by atoms with Gasteiger partial charge in [-0.3, -0.25) is 0 Å². The number of hydrogen-bond donors (Lipinski definition) is 2. The zero-order valence-electron chi connectivity index (χ0n) is 9.46. The zero-order valence-corrected chi connectivity index (χ0v) is 11.3. The summed E-state index contributed by atoms with van der Waals surface area (Å²) in [6, 6.07) is 5.13. The van der Waals surface area contributed by atoms with Gasteiger partial charge in [-0.05, 0) is 24.4 Å². The van der Waals surface area contributed by atoms with Crippen molar-refractivity contribution < 1.29 is 14.0 Å². The Morgan fingerprint density at radius 1 is 1.56 bits per heavy atom. The second-order valence-corrected chi connectivity index (χ2v) is 6.03. The molecule has 1 N–H and O–H groups in total. The summed E-state index contributed by atoms with van der Waals surface area (Å²) in [5.74, 6) is 1.13. The minimum Gasteiger partial charge on any atom is -0.381 e. The molecule has 1 atom stereocenters. The van der Waals surface area contributed by atoms with Gasteiger partial charge in [0.05, 0.1) is 0 Å². The lowest BCUT2D eigenvalue weighted by molar-refractivity contribution is 0.389. The normalized spacial score (nSPS) is 14.2. The number of rotatable bonds is 4. The fourth-order valence-corrected chi connectivity index (χ4v) is 1.87. The van der Waals surface area contributed by atoms with Crippen LogP contribution in [0.15, 0.2) is 24.4 Å². The van der Waals surface area contributed by atoms with E-state index in [4.69, 9.17) is 4.89 Å². The van der Waals surface area contributed by atoms with Crippen molar-refractivity contribution in [3.05, 3.63) is 30.2 Å². The van der Waals surface area contributed by atoms with Crippen molar-refractivity contribution in [2.45, 2.75) is 13.3 Å². The van der Waals surface area contributed by atoms with E-state index in [9.17, 15) is 4.57 Å². The first kappa shape index (κ1) is 13.1. The van der Waals surface area contributed by atoms with Crippen molar-refractivity contribution in [3.63, 3.8) is 0 Å². The van der Waals surface area contributed by atoms with Crippen LogP contribution in [-0.4, -0.2) is 24.6 Å². The molecule has 0 aliphatic rings.